The summed E-state index contributed by atoms with van der Waals surface area (Å²) in [5, 5.41) is 10.5. The number of rotatable bonds is 5. The van der Waals surface area contributed by atoms with Crippen LogP contribution in [0.4, 0.5) is 10.1 Å². The smallest absolute Gasteiger partial charge is 0.277 e. The van der Waals surface area contributed by atoms with Crippen molar-refractivity contribution >= 4 is 23.4 Å². The molecular weight excluding hydrogens is 281 g/mol. The van der Waals surface area contributed by atoms with Crippen LogP contribution in [-0.2, 0) is 4.79 Å². The van der Waals surface area contributed by atoms with E-state index in [1.807, 2.05) is 13.8 Å². The van der Waals surface area contributed by atoms with Crippen LogP contribution in [0.2, 0.25) is 0 Å². The van der Waals surface area contributed by atoms with E-state index in [0.717, 1.165) is 11.8 Å². The van der Waals surface area contributed by atoms with E-state index in [1.54, 1.807) is 12.1 Å². The fraction of sp³-hybridized carbons (Fsp3) is 0.308. The van der Waals surface area contributed by atoms with Crippen molar-refractivity contribution in [2.45, 2.75) is 25.0 Å². The quantitative estimate of drug-likeness (QED) is 0.859. The van der Waals surface area contributed by atoms with Gasteiger partial charge in [0.1, 0.15) is 5.82 Å². The van der Waals surface area contributed by atoms with Gasteiger partial charge in [0, 0.05) is 5.92 Å². The Balaban J connectivity index is 1.87. The number of halogens is 1. The fourth-order valence-electron chi connectivity index (χ4n) is 1.39. The summed E-state index contributed by atoms with van der Waals surface area (Å²) in [6, 6.07) is 6.00. The number of anilines is 1. The lowest BCUT2D eigenvalue weighted by atomic mass is 10.2. The summed E-state index contributed by atoms with van der Waals surface area (Å²) in [5.41, 5.74) is 0.159. The summed E-state index contributed by atoms with van der Waals surface area (Å²) in [5.74, 6) is -0.0464. The Hall–Kier alpha value is -1.89. The maximum absolute atomic E-state index is 13.3. The lowest BCUT2D eigenvalue weighted by molar-refractivity contribution is -0.113. The normalized spacial score (nSPS) is 10.8. The number of hydrogen-bond donors (Lipinski definition) is 1. The van der Waals surface area contributed by atoms with Crippen LogP contribution >= 0.6 is 11.8 Å². The number of nitrogens with zero attached hydrogens (tertiary/aromatic N) is 2. The first kappa shape index (κ1) is 14.5. The Morgan fingerprint density at radius 1 is 1.40 bits per heavy atom. The Labute approximate surface area is 120 Å². The van der Waals surface area contributed by atoms with Crippen LogP contribution in [0.5, 0.6) is 0 Å². The molecule has 106 valence electrons. The van der Waals surface area contributed by atoms with Crippen LogP contribution in [0.3, 0.4) is 0 Å². The highest BCUT2D eigenvalue weighted by Crippen LogP contribution is 2.20. The van der Waals surface area contributed by atoms with E-state index >= 15 is 0 Å². The number of carbonyl (C=O) groups excluding carboxylic acids is 1. The summed E-state index contributed by atoms with van der Waals surface area (Å²) < 4.78 is 18.7. The second-order valence-corrected chi connectivity index (χ2v) is 5.30. The Kier molecular flexibility index (Phi) is 4.73. The first-order valence-corrected chi connectivity index (χ1v) is 7.05. The molecule has 2 aromatic rings. The van der Waals surface area contributed by atoms with Crippen molar-refractivity contribution in [3.63, 3.8) is 0 Å². The van der Waals surface area contributed by atoms with Crippen LogP contribution < -0.4 is 5.32 Å². The number of para-hydroxylation sites is 1. The largest absolute Gasteiger partial charge is 0.416 e. The third-order valence-electron chi connectivity index (χ3n) is 2.39. The van der Waals surface area contributed by atoms with E-state index in [2.05, 4.69) is 15.5 Å². The average molecular weight is 295 g/mol. The van der Waals surface area contributed by atoms with Gasteiger partial charge in [-0.15, -0.1) is 10.2 Å². The van der Waals surface area contributed by atoms with Crippen molar-refractivity contribution in [2.24, 2.45) is 0 Å². The standard InChI is InChI=1S/C13H14FN3O2S/c1-8(2)12-16-17-13(19-12)20-7-11(18)15-10-6-4-3-5-9(10)14/h3-6,8H,7H2,1-2H3,(H,15,18). The SMILES string of the molecule is CC(C)c1nnc(SCC(=O)Nc2ccccc2F)o1. The molecule has 1 aromatic heterocycles. The second-order valence-electron chi connectivity index (χ2n) is 4.38. The molecule has 1 N–H and O–H groups in total. The average Bonchev–Trinajstić information content (AvgIpc) is 2.88. The molecule has 7 heteroatoms. The first-order valence-electron chi connectivity index (χ1n) is 6.07. The van der Waals surface area contributed by atoms with Crippen molar-refractivity contribution in [3.8, 4) is 0 Å². The molecule has 0 bridgehead atoms. The summed E-state index contributed by atoms with van der Waals surface area (Å²) in [6.45, 7) is 3.87. The number of hydrogen-bond acceptors (Lipinski definition) is 5. The third-order valence-corrected chi connectivity index (χ3v) is 3.21. The van der Waals surface area contributed by atoms with E-state index in [1.165, 1.54) is 12.1 Å². The molecule has 0 aliphatic rings. The summed E-state index contributed by atoms with van der Waals surface area (Å²) in [4.78, 5) is 11.7. The molecule has 1 heterocycles. The Morgan fingerprint density at radius 3 is 2.80 bits per heavy atom. The molecule has 0 fully saturated rings. The Morgan fingerprint density at radius 2 is 2.15 bits per heavy atom. The minimum Gasteiger partial charge on any atom is -0.416 e. The van der Waals surface area contributed by atoms with Crippen LogP contribution in [0.15, 0.2) is 33.9 Å². The minimum atomic E-state index is -0.467. The van der Waals surface area contributed by atoms with Crippen molar-refractivity contribution in [1.82, 2.24) is 10.2 Å². The van der Waals surface area contributed by atoms with Gasteiger partial charge < -0.3 is 9.73 Å². The molecule has 0 radical (unpaired) electrons. The predicted octanol–water partition coefficient (Wildman–Crippen LogP) is 3.06. The van der Waals surface area contributed by atoms with Gasteiger partial charge in [0.2, 0.25) is 11.8 Å². The molecule has 0 saturated carbocycles. The van der Waals surface area contributed by atoms with Gasteiger partial charge in [0.25, 0.3) is 5.22 Å². The van der Waals surface area contributed by atoms with Crippen molar-refractivity contribution in [1.29, 1.82) is 0 Å². The molecule has 20 heavy (non-hydrogen) atoms. The van der Waals surface area contributed by atoms with E-state index in [4.69, 9.17) is 4.42 Å². The molecule has 0 atom stereocenters. The number of aromatic nitrogens is 2. The fourth-order valence-corrected chi connectivity index (χ4v) is 1.96. The van der Waals surface area contributed by atoms with Crippen LogP contribution in [0.25, 0.3) is 0 Å². The van der Waals surface area contributed by atoms with Crippen molar-refractivity contribution < 1.29 is 13.6 Å². The van der Waals surface area contributed by atoms with Gasteiger partial charge >= 0.3 is 0 Å². The van der Waals surface area contributed by atoms with E-state index in [0.29, 0.717) is 11.1 Å². The zero-order chi connectivity index (χ0) is 14.5. The van der Waals surface area contributed by atoms with Gasteiger partial charge in [-0.25, -0.2) is 4.39 Å². The molecule has 0 spiro atoms. The van der Waals surface area contributed by atoms with Crippen molar-refractivity contribution in [3.05, 3.63) is 36.0 Å². The number of carbonyl (C=O) groups is 1. The van der Waals surface area contributed by atoms with Crippen LogP contribution in [-0.4, -0.2) is 21.9 Å². The maximum atomic E-state index is 13.3. The van der Waals surface area contributed by atoms with Gasteiger partial charge in [-0.3, -0.25) is 4.79 Å². The van der Waals surface area contributed by atoms with Gasteiger partial charge in [-0.05, 0) is 12.1 Å². The molecule has 5 nitrogen and oxygen atoms in total. The van der Waals surface area contributed by atoms with Crippen molar-refractivity contribution in [2.75, 3.05) is 11.1 Å². The van der Waals surface area contributed by atoms with Gasteiger partial charge in [0.15, 0.2) is 0 Å². The zero-order valence-electron chi connectivity index (χ0n) is 11.1. The van der Waals surface area contributed by atoms with E-state index < -0.39 is 5.82 Å². The lowest BCUT2D eigenvalue weighted by Gasteiger charge is -2.04. The molecule has 1 amide bonds. The maximum Gasteiger partial charge on any atom is 0.277 e. The number of thioether (sulfide) groups is 1. The monoisotopic (exact) mass is 295 g/mol. The number of amides is 1. The van der Waals surface area contributed by atoms with E-state index in [-0.39, 0.29) is 23.3 Å². The topological polar surface area (TPSA) is 68.0 Å². The predicted molar refractivity (Wildman–Crippen MR) is 74.1 cm³/mol. The Bertz CT molecular complexity index is 601. The molecule has 0 saturated heterocycles. The number of nitrogens with one attached hydrogen (secondary N) is 1. The lowest BCUT2D eigenvalue weighted by Crippen LogP contribution is -2.14. The highest BCUT2D eigenvalue weighted by Gasteiger charge is 2.12. The highest BCUT2D eigenvalue weighted by molar-refractivity contribution is 7.99. The van der Waals surface area contributed by atoms with Crippen LogP contribution in [0, 0.1) is 5.82 Å². The first-order chi connectivity index (χ1) is 9.56. The van der Waals surface area contributed by atoms with E-state index in [9.17, 15) is 9.18 Å². The van der Waals surface area contributed by atoms with Crippen LogP contribution in [0.1, 0.15) is 25.7 Å². The summed E-state index contributed by atoms with van der Waals surface area (Å²) >= 11 is 1.12. The third kappa shape index (κ3) is 3.80. The number of benzene rings is 1. The molecule has 0 unspecified atom stereocenters. The second kappa shape index (κ2) is 6.51. The van der Waals surface area contributed by atoms with Gasteiger partial charge in [-0.2, -0.15) is 0 Å². The molecule has 0 aliphatic carbocycles. The summed E-state index contributed by atoms with van der Waals surface area (Å²) in [6.07, 6.45) is 0. The minimum absolute atomic E-state index is 0.0774. The molecular formula is C13H14FN3O2S. The molecule has 0 aliphatic heterocycles. The van der Waals surface area contributed by atoms with Gasteiger partial charge in [-0.1, -0.05) is 37.7 Å². The highest BCUT2D eigenvalue weighted by atomic mass is 32.2. The zero-order valence-corrected chi connectivity index (χ0v) is 11.9. The van der Waals surface area contributed by atoms with Gasteiger partial charge in [0.05, 0.1) is 11.4 Å². The summed E-state index contributed by atoms with van der Waals surface area (Å²) in [7, 11) is 0. The molecule has 2 rings (SSSR count). The molecule has 1 aromatic carbocycles.